The first-order chi connectivity index (χ1) is 8.90. The number of carboxylic acids is 1. The molecule has 8 heteroatoms. The molecule has 0 aromatic carbocycles. The number of aromatic nitrogens is 1. The van der Waals surface area contributed by atoms with E-state index in [4.69, 9.17) is 10.2 Å². The second kappa shape index (κ2) is 6.69. The number of aliphatic hydroxyl groups excluding tert-OH is 1. The summed E-state index contributed by atoms with van der Waals surface area (Å²) < 4.78 is 26.2. The molecule has 19 heavy (non-hydrogen) atoms. The van der Waals surface area contributed by atoms with Gasteiger partial charge >= 0.3 is 5.97 Å². The molecule has 1 aromatic rings. The Labute approximate surface area is 111 Å². The molecule has 0 amide bonds. The Hall–Kier alpha value is -1.38. The topological polar surface area (TPSA) is 119 Å². The largest absolute Gasteiger partial charge is 0.477 e. The van der Waals surface area contributed by atoms with Gasteiger partial charge in [-0.15, -0.1) is 0 Å². The number of sulfonamides is 1. The molecule has 0 aliphatic carbocycles. The van der Waals surface area contributed by atoms with E-state index in [-0.39, 0.29) is 29.7 Å². The van der Waals surface area contributed by atoms with Crippen molar-refractivity contribution in [2.24, 2.45) is 5.92 Å². The molecule has 1 aromatic heterocycles. The number of aromatic carboxylic acids is 1. The Balaban J connectivity index is 2.72. The summed E-state index contributed by atoms with van der Waals surface area (Å²) in [6.45, 7) is 2.13. The number of hydrogen-bond donors (Lipinski definition) is 4. The van der Waals surface area contributed by atoms with Crippen molar-refractivity contribution in [3.8, 4) is 0 Å². The molecular weight excluding hydrogens is 272 g/mol. The Morgan fingerprint density at radius 2 is 2.21 bits per heavy atom. The molecule has 0 fully saturated rings. The SMILES string of the molecule is CCC(CCO)CNS(=O)(=O)c1c[nH]c(C(=O)O)c1. The lowest BCUT2D eigenvalue weighted by atomic mass is 10.0. The van der Waals surface area contributed by atoms with Gasteiger partial charge in [0.05, 0.1) is 0 Å². The summed E-state index contributed by atoms with van der Waals surface area (Å²) >= 11 is 0. The van der Waals surface area contributed by atoms with E-state index in [2.05, 4.69) is 9.71 Å². The van der Waals surface area contributed by atoms with E-state index in [1.807, 2.05) is 6.92 Å². The van der Waals surface area contributed by atoms with Gasteiger partial charge in [0.2, 0.25) is 10.0 Å². The van der Waals surface area contributed by atoms with Gasteiger partial charge in [0.25, 0.3) is 0 Å². The minimum atomic E-state index is -3.72. The molecule has 0 spiro atoms. The number of aromatic amines is 1. The van der Waals surface area contributed by atoms with Gasteiger partial charge in [-0.25, -0.2) is 17.9 Å². The highest BCUT2D eigenvalue weighted by atomic mass is 32.2. The smallest absolute Gasteiger partial charge is 0.352 e. The van der Waals surface area contributed by atoms with Crippen LogP contribution in [0.25, 0.3) is 0 Å². The van der Waals surface area contributed by atoms with E-state index in [1.165, 1.54) is 0 Å². The average Bonchev–Trinajstić information content (AvgIpc) is 2.85. The van der Waals surface area contributed by atoms with Crippen molar-refractivity contribution in [1.82, 2.24) is 9.71 Å². The first kappa shape index (κ1) is 15.7. The highest BCUT2D eigenvalue weighted by molar-refractivity contribution is 7.89. The number of nitrogens with one attached hydrogen (secondary N) is 2. The second-order valence-corrected chi connectivity index (χ2v) is 5.96. The van der Waals surface area contributed by atoms with E-state index >= 15 is 0 Å². The highest BCUT2D eigenvalue weighted by Crippen LogP contribution is 2.12. The van der Waals surface area contributed by atoms with Crippen molar-refractivity contribution in [1.29, 1.82) is 0 Å². The zero-order chi connectivity index (χ0) is 14.5. The van der Waals surface area contributed by atoms with Gasteiger partial charge < -0.3 is 15.2 Å². The fourth-order valence-corrected chi connectivity index (χ4v) is 2.71. The summed E-state index contributed by atoms with van der Waals surface area (Å²) in [5.74, 6) is -1.16. The third kappa shape index (κ3) is 4.34. The van der Waals surface area contributed by atoms with Gasteiger partial charge in [-0.3, -0.25) is 0 Å². The van der Waals surface area contributed by atoms with Gasteiger partial charge in [-0.05, 0) is 18.4 Å². The maximum Gasteiger partial charge on any atom is 0.352 e. The zero-order valence-electron chi connectivity index (χ0n) is 10.6. The first-order valence-electron chi connectivity index (χ1n) is 5.93. The lowest BCUT2D eigenvalue weighted by Crippen LogP contribution is -2.29. The molecule has 0 bridgehead atoms. The predicted molar refractivity (Wildman–Crippen MR) is 68.4 cm³/mol. The molecule has 4 N–H and O–H groups in total. The number of carboxylic acid groups (broad SMARTS) is 1. The molecule has 0 aliphatic rings. The summed E-state index contributed by atoms with van der Waals surface area (Å²) in [5.41, 5.74) is -0.178. The molecule has 108 valence electrons. The first-order valence-corrected chi connectivity index (χ1v) is 7.41. The van der Waals surface area contributed by atoms with Crippen LogP contribution in [0.5, 0.6) is 0 Å². The molecule has 0 saturated carbocycles. The minimum Gasteiger partial charge on any atom is -0.477 e. The number of rotatable bonds is 8. The summed E-state index contributed by atoms with van der Waals surface area (Å²) in [7, 11) is -3.72. The Kier molecular flexibility index (Phi) is 5.52. The molecule has 1 unspecified atom stereocenters. The standard InChI is InChI=1S/C11H18N2O5S/c1-2-8(3-4-14)6-13-19(17,18)9-5-10(11(15)16)12-7-9/h5,7-8,12-14H,2-4,6H2,1H3,(H,15,16). The van der Waals surface area contributed by atoms with Gasteiger partial charge in [-0.1, -0.05) is 13.3 Å². The number of hydrogen-bond acceptors (Lipinski definition) is 4. The van der Waals surface area contributed by atoms with E-state index < -0.39 is 16.0 Å². The van der Waals surface area contributed by atoms with Crippen LogP contribution in [0, 0.1) is 5.92 Å². The zero-order valence-corrected chi connectivity index (χ0v) is 11.4. The quantitative estimate of drug-likeness (QED) is 0.552. The van der Waals surface area contributed by atoms with Crippen LogP contribution < -0.4 is 4.72 Å². The summed E-state index contributed by atoms with van der Waals surface area (Å²) in [4.78, 5) is 12.9. The van der Waals surface area contributed by atoms with Crippen molar-refractivity contribution in [3.05, 3.63) is 18.0 Å². The molecular formula is C11H18N2O5S. The minimum absolute atomic E-state index is 0.00749. The third-order valence-electron chi connectivity index (χ3n) is 2.87. The van der Waals surface area contributed by atoms with Crippen LogP contribution in [-0.4, -0.2) is 42.7 Å². The van der Waals surface area contributed by atoms with Crippen LogP contribution >= 0.6 is 0 Å². The molecule has 1 atom stereocenters. The second-order valence-electron chi connectivity index (χ2n) is 4.19. The maximum atomic E-state index is 11.9. The average molecular weight is 290 g/mol. The van der Waals surface area contributed by atoms with E-state index in [0.29, 0.717) is 6.42 Å². The van der Waals surface area contributed by atoms with Crippen molar-refractivity contribution in [2.45, 2.75) is 24.7 Å². The van der Waals surface area contributed by atoms with Crippen molar-refractivity contribution in [3.63, 3.8) is 0 Å². The monoisotopic (exact) mass is 290 g/mol. The highest BCUT2D eigenvalue weighted by Gasteiger charge is 2.19. The fraction of sp³-hybridized carbons (Fsp3) is 0.545. The van der Waals surface area contributed by atoms with E-state index in [0.717, 1.165) is 18.7 Å². The number of carbonyl (C=O) groups is 1. The maximum absolute atomic E-state index is 11.9. The molecule has 0 radical (unpaired) electrons. The van der Waals surface area contributed by atoms with Crippen LogP contribution in [0.3, 0.4) is 0 Å². The molecule has 0 aliphatic heterocycles. The van der Waals surface area contributed by atoms with Gasteiger partial charge in [0, 0.05) is 19.3 Å². The van der Waals surface area contributed by atoms with Crippen LogP contribution in [0.15, 0.2) is 17.2 Å². The lowest BCUT2D eigenvalue weighted by Gasteiger charge is -2.13. The van der Waals surface area contributed by atoms with Gasteiger partial charge in [0.15, 0.2) is 0 Å². The Morgan fingerprint density at radius 3 is 2.68 bits per heavy atom. The van der Waals surface area contributed by atoms with Gasteiger partial charge in [-0.2, -0.15) is 0 Å². The van der Waals surface area contributed by atoms with Crippen molar-refractivity contribution < 1.29 is 23.4 Å². The molecule has 1 heterocycles. The van der Waals surface area contributed by atoms with Crippen LogP contribution in [-0.2, 0) is 10.0 Å². The Bertz CT molecular complexity index is 523. The number of aliphatic hydroxyl groups is 1. The molecule has 7 nitrogen and oxygen atoms in total. The third-order valence-corrected chi connectivity index (χ3v) is 4.28. The predicted octanol–water partition coefficient (Wildman–Crippen LogP) is 0.400. The number of H-pyrrole nitrogens is 1. The van der Waals surface area contributed by atoms with E-state index in [1.54, 1.807) is 0 Å². The fourth-order valence-electron chi connectivity index (χ4n) is 1.60. The summed E-state index contributed by atoms with van der Waals surface area (Å²) in [6, 6.07) is 1.07. The summed E-state index contributed by atoms with van der Waals surface area (Å²) in [5, 5.41) is 17.5. The molecule has 1 rings (SSSR count). The van der Waals surface area contributed by atoms with Crippen molar-refractivity contribution >= 4 is 16.0 Å². The van der Waals surface area contributed by atoms with Crippen LogP contribution in [0.1, 0.15) is 30.3 Å². The van der Waals surface area contributed by atoms with Crippen LogP contribution in [0.2, 0.25) is 0 Å². The summed E-state index contributed by atoms with van der Waals surface area (Å²) in [6.07, 6.45) is 2.40. The van der Waals surface area contributed by atoms with E-state index in [9.17, 15) is 13.2 Å². The molecule has 0 saturated heterocycles. The van der Waals surface area contributed by atoms with Gasteiger partial charge in [0.1, 0.15) is 10.6 Å². The lowest BCUT2D eigenvalue weighted by molar-refractivity contribution is 0.0691. The van der Waals surface area contributed by atoms with Crippen molar-refractivity contribution in [2.75, 3.05) is 13.2 Å². The normalized spacial score (nSPS) is 13.4. The van der Waals surface area contributed by atoms with Crippen LogP contribution in [0.4, 0.5) is 0 Å². The Morgan fingerprint density at radius 1 is 1.53 bits per heavy atom.